The van der Waals surface area contributed by atoms with Gasteiger partial charge in [0, 0.05) is 5.69 Å². The Bertz CT molecular complexity index is 1020. The summed E-state index contributed by atoms with van der Waals surface area (Å²) in [6.45, 7) is 2.14. The molecule has 1 aliphatic rings. The number of halogens is 5. The summed E-state index contributed by atoms with van der Waals surface area (Å²) in [7, 11) is 0. The SMILES string of the molecule is Fc1ccc(-n2c(CN3CCCCC3)nnc2Sc2c(F)c(F)nc(F)c2F)cc1. The van der Waals surface area contributed by atoms with E-state index >= 15 is 0 Å². The van der Waals surface area contributed by atoms with Gasteiger partial charge in [0.1, 0.15) is 5.82 Å². The number of pyridine rings is 1. The van der Waals surface area contributed by atoms with Crippen molar-refractivity contribution in [2.24, 2.45) is 0 Å². The van der Waals surface area contributed by atoms with Gasteiger partial charge >= 0.3 is 0 Å². The minimum Gasteiger partial charge on any atom is -0.296 e. The molecule has 3 aromatic rings. The quantitative estimate of drug-likeness (QED) is 0.431. The summed E-state index contributed by atoms with van der Waals surface area (Å²) in [5, 5.41) is 8.08. The molecule has 1 saturated heterocycles. The molecule has 1 aliphatic heterocycles. The van der Waals surface area contributed by atoms with E-state index in [1.807, 2.05) is 0 Å². The Morgan fingerprint density at radius 1 is 0.833 bits per heavy atom. The van der Waals surface area contributed by atoms with Gasteiger partial charge in [-0.15, -0.1) is 10.2 Å². The van der Waals surface area contributed by atoms with Crippen molar-refractivity contribution >= 4 is 11.8 Å². The van der Waals surface area contributed by atoms with E-state index in [0.717, 1.165) is 32.4 Å². The van der Waals surface area contributed by atoms with E-state index in [1.54, 1.807) is 0 Å². The molecule has 1 aromatic carbocycles. The Kier molecular flexibility index (Phi) is 6.00. The first-order chi connectivity index (χ1) is 14.4. The Balaban J connectivity index is 1.75. The Morgan fingerprint density at radius 3 is 2.10 bits per heavy atom. The van der Waals surface area contributed by atoms with Crippen LogP contribution < -0.4 is 0 Å². The zero-order valence-electron chi connectivity index (χ0n) is 15.6. The molecule has 5 nitrogen and oxygen atoms in total. The van der Waals surface area contributed by atoms with Crippen molar-refractivity contribution < 1.29 is 22.0 Å². The van der Waals surface area contributed by atoms with Crippen molar-refractivity contribution in [3.8, 4) is 5.69 Å². The third kappa shape index (κ3) is 4.17. The molecular formula is C19H16F5N5S. The van der Waals surface area contributed by atoms with Crippen molar-refractivity contribution in [1.82, 2.24) is 24.6 Å². The number of piperidine rings is 1. The number of hydrogen-bond acceptors (Lipinski definition) is 5. The number of aromatic nitrogens is 4. The van der Waals surface area contributed by atoms with E-state index < -0.39 is 34.2 Å². The van der Waals surface area contributed by atoms with Crippen LogP contribution >= 0.6 is 11.8 Å². The van der Waals surface area contributed by atoms with Gasteiger partial charge in [0.15, 0.2) is 17.5 Å². The van der Waals surface area contributed by atoms with Crippen LogP contribution in [0.1, 0.15) is 25.1 Å². The lowest BCUT2D eigenvalue weighted by atomic mass is 10.1. The van der Waals surface area contributed by atoms with Gasteiger partial charge in [0.05, 0.1) is 11.4 Å². The number of benzene rings is 1. The predicted molar refractivity (Wildman–Crippen MR) is 98.6 cm³/mol. The lowest BCUT2D eigenvalue weighted by Gasteiger charge is -2.26. The maximum absolute atomic E-state index is 14.1. The largest absolute Gasteiger partial charge is 0.296 e. The highest BCUT2D eigenvalue weighted by Gasteiger charge is 2.25. The van der Waals surface area contributed by atoms with E-state index in [9.17, 15) is 22.0 Å². The third-order valence-corrected chi connectivity index (χ3v) is 5.76. The number of likely N-dealkylation sites (tertiary alicyclic amines) is 1. The maximum atomic E-state index is 14.1. The molecule has 0 unspecified atom stereocenters. The molecule has 2 aromatic heterocycles. The van der Waals surface area contributed by atoms with Crippen LogP contribution in [0.15, 0.2) is 34.3 Å². The number of hydrogen-bond donors (Lipinski definition) is 0. The van der Waals surface area contributed by atoms with Crippen LogP contribution in [0, 0.1) is 29.3 Å². The van der Waals surface area contributed by atoms with Crippen molar-refractivity contribution in [3.63, 3.8) is 0 Å². The zero-order chi connectivity index (χ0) is 21.3. The summed E-state index contributed by atoms with van der Waals surface area (Å²) < 4.78 is 70.1. The average molecular weight is 441 g/mol. The summed E-state index contributed by atoms with van der Waals surface area (Å²) in [5.74, 6) is -6.75. The van der Waals surface area contributed by atoms with Gasteiger partial charge < -0.3 is 0 Å². The third-order valence-electron chi connectivity index (χ3n) is 4.75. The molecule has 3 heterocycles. The van der Waals surface area contributed by atoms with Crippen LogP contribution in [-0.4, -0.2) is 37.7 Å². The van der Waals surface area contributed by atoms with Crippen LogP contribution in [0.3, 0.4) is 0 Å². The van der Waals surface area contributed by atoms with E-state index in [4.69, 9.17) is 0 Å². The van der Waals surface area contributed by atoms with Gasteiger partial charge in [-0.2, -0.15) is 13.8 Å². The summed E-state index contributed by atoms with van der Waals surface area (Å²) in [6, 6.07) is 5.37. The van der Waals surface area contributed by atoms with Gasteiger partial charge in [0.2, 0.25) is 5.16 Å². The molecule has 11 heteroatoms. The maximum Gasteiger partial charge on any atom is 0.252 e. The van der Waals surface area contributed by atoms with Crippen molar-refractivity contribution in [3.05, 3.63) is 59.4 Å². The highest BCUT2D eigenvalue weighted by molar-refractivity contribution is 7.99. The van der Waals surface area contributed by atoms with Crippen molar-refractivity contribution in [2.75, 3.05) is 13.1 Å². The smallest absolute Gasteiger partial charge is 0.252 e. The molecule has 0 amide bonds. The van der Waals surface area contributed by atoms with Crippen LogP contribution in [0.4, 0.5) is 22.0 Å². The Labute approximate surface area is 172 Å². The first-order valence-corrected chi connectivity index (χ1v) is 10.1. The Morgan fingerprint density at radius 2 is 1.47 bits per heavy atom. The van der Waals surface area contributed by atoms with Crippen molar-refractivity contribution in [1.29, 1.82) is 0 Å². The first kappa shape index (κ1) is 20.7. The summed E-state index contributed by atoms with van der Waals surface area (Å²) in [6.07, 6.45) is 3.22. The second kappa shape index (κ2) is 8.68. The molecule has 4 rings (SSSR count). The van der Waals surface area contributed by atoms with Gasteiger partial charge in [-0.25, -0.2) is 13.2 Å². The minimum atomic E-state index is -1.75. The highest BCUT2D eigenvalue weighted by Crippen LogP contribution is 2.34. The first-order valence-electron chi connectivity index (χ1n) is 9.24. The average Bonchev–Trinajstić information content (AvgIpc) is 3.13. The van der Waals surface area contributed by atoms with Crippen LogP contribution in [0.5, 0.6) is 0 Å². The zero-order valence-corrected chi connectivity index (χ0v) is 16.4. The van der Waals surface area contributed by atoms with E-state index in [2.05, 4.69) is 20.1 Å². The minimum absolute atomic E-state index is 0.0172. The molecule has 0 atom stereocenters. The predicted octanol–water partition coefficient (Wildman–Crippen LogP) is 4.49. The lowest BCUT2D eigenvalue weighted by Crippen LogP contribution is -2.30. The fourth-order valence-corrected chi connectivity index (χ4v) is 4.20. The molecule has 158 valence electrons. The number of nitrogens with zero attached hydrogens (tertiary/aromatic N) is 5. The summed E-state index contributed by atoms with van der Waals surface area (Å²) in [5.41, 5.74) is 0.451. The molecular weight excluding hydrogens is 425 g/mol. The molecule has 0 bridgehead atoms. The van der Waals surface area contributed by atoms with Gasteiger partial charge in [-0.1, -0.05) is 6.42 Å². The van der Waals surface area contributed by atoms with E-state index in [-0.39, 0.29) is 5.16 Å². The molecule has 0 spiro atoms. The Hall–Kier alpha value is -2.53. The summed E-state index contributed by atoms with van der Waals surface area (Å²) in [4.78, 5) is 3.81. The molecule has 0 aliphatic carbocycles. The van der Waals surface area contributed by atoms with E-state index in [0.29, 0.717) is 29.8 Å². The molecule has 1 fully saturated rings. The fourth-order valence-electron chi connectivity index (χ4n) is 3.28. The fraction of sp³-hybridized carbons (Fsp3) is 0.316. The van der Waals surface area contributed by atoms with Crippen LogP contribution in [0.25, 0.3) is 5.69 Å². The van der Waals surface area contributed by atoms with Crippen LogP contribution in [0.2, 0.25) is 0 Å². The number of rotatable bonds is 5. The topological polar surface area (TPSA) is 46.8 Å². The van der Waals surface area contributed by atoms with Gasteiger partial charge in [-0.05, 0) is 62.0 Å². The lowest BCUT2D eigenvalue weighted by molar-refractivity contribution is 0.214. The van der Waals surface area contributed by atoms with Crippen molar-refractivity contribution in [2.45, 2.75) is 35.9 Å². The molecule has 0 N–H and O–H groups in total. The highest BCUT2D eigenvalue weighted by atomic mass is 32.2. The van der Waals surface area contributed by atoms with E-state index in [1.165, 1.54) is 28.8 Å². The van der Waals surface area contributed by atoms with Gasteiger partial charge in [0.25, 0.3) is 11.9 Å². The second-order valence-corrected chi connectivity index (χ2v) is 7.78. The normalized spacial score (nSPS) is 15.0. The molecule has 30 heavy (non-hydrogen) atoms. The molecule has 0 saturated carbocycles. The monoisotopic (exact) mass is 441 g/mol. The molecule has 0 radical (unpaired) electrons. The van der Waals surface area contributed by atoms with Crippen LogP contribution in [-0.2, 0) is 6.54 Å². The second-order valence-electron chi connectivity index (χ2n) is 6.80. The standard InChI is InChI=1S/C19H16F5N5S/c20-11-4-6-12(7-5-11)29-13(10-28-8-2-1-3-9-28)26-27-19(29)30-16-14(21)17(23)25-18(24)15(16)22/h4-7H,1-3,8-10H2. The summed E-state index contributed by atoms with van der Waals surface area (Å²) >= 11 is 0.385. The van der Waals surface area contributed by atoms with Gasteiger partial charge in [-0.3, -0.25) is 9.47 Å².